The zero-order valence-corrected chi connectivity index (χ0v) is 10.5. The molecule has 0 fully saturated rings. The van der Waals surface area contributed by atoms with Crippen LogP contribution in [0.3, 0.4) is 0 Å². The van der Waals surface area contributed by atoms with Crippen molar-refractivity contribution in [3.05, 3.63) is 29.6 Å². The van der Waals surface area contributed by atoms with E-state index in [0.29, 0.717) is 6.04 Å². The van der Waals surface area contributed by atoms with Gasteiger partial charge in [0.25, 0.3) is 0 Å². The van der Waals surface area contributed by atoms with Gasteiger partial charge in [-0.05, 0) is 51.9 Å². The molecule has 90 valence electrons. The summed E-state index contributed by atoms with van der Waals surface area (Å²) in [6, 6.07) is 4.78. The molecule has 0 unspecified atom stereocenters. The molecule has 17 heavy (non-hydrogen) atoms. The van der Waals surface area contributed by atoms with Gasteiger partial charge in [-0.15, -0.1) is 0 Å². The summed E-state index contributed by atoms with van der Waals surface area (Å²) in [5.41, 5.74) is 5.22. The van der Waals surface area contributed by atoms with Crippen LogP contribution < -0.4 is 0 Å². The largest absolute Gasteiger partial charge is 0.357 e. The number of H-pyrrole nitrogens is 1. The van der Waals surface area contributed by atoms with Crippen LogP contribution in [-0.4, -0.2) is 35.0 Å². The smallest absolute Gasteiger partial charge is 0.0914 e. The minimum Gasteiger partial charge on any atom is -0.357 e. The molecule has 0 bridgehead atoms. The normalized spacial score (nSPS) is 20.5. The van der Waals surface area contributed by atoms with E-state index in [0.717, 1.165) is 12.8 Å². The first-order valence-electron chi connectivity index (χ1n) is 6.36. The number of rotatable bonds is 1. The van der Waals surface area contributed by atoms with E-state index in [2.05, 4.69) is 35.0 Å². The van der Waals surface area contributed by atoms with E-state index in [4.69, 9.17) is 0 Å². The first-order chi connectivity index (χ1) is 8.25. The van der Waals surface area contributed by atoms with Crippen molar-refractivity contribution in [2.45, 2.75) is 31.7 Å². The molecule has 0 radical (unpaired) electrons. The van der Waals surface area contributed by atoms with Gasteiger partial charge in [0.1, 0.15) is 0 Å². The van der Waals surface area contributed by atoms with E-state index in [1.165, 1.54) is 35.1 Å². The molecule has 0 saturated carbocycles. The molecule has 3 heteroatoms. The molecule has 1 N–H and O–H groups in total. The first-order valence-corrected chi connectivity index (χ1v) is 6.36. The Labute approximate surface area is 102 Å². The lowest BCUT2D eigenvalue weighted by Gasteiger charge is -2.22. The van der Waals surface area contributed by atoms with Crippen molar-refractivity contribution in [2.75, 3.05) is 14.1 Å². The Bertz CT molecular complexity index is 527. The van der Waals surface area contributed by atoms with E-state index in [1.54, 1.807) is 0 Å². The van der Waals surface area contributed by atoms with Crippen molar-refractivity contribution in [2.24, 2.45) is 0 Å². The topological polar surface area (TPSA) is 31.9 Å². The maximum atomic E-state index is 4.54. The minimum absolute atomic E-state index is 0.650. The monoisotopic (exact) mass is 229 g/mol. The molecule has 0 aliphatic heterocycles. The molecule has 0 amide bonds. The maximum Gasteiger partial charge on any atom is 0.0914 e. The van der Waals surface area contributed by atoms with E-state index < -0.39 is 0 Å². The van der Waals surface area contributed by atoms with Gasteiger partial charge in [-0.1, -0.05) is 0 Å². The average molecular weight is 229 g/mol. The van der Waals surface area contributed by atoms with Crippen LogP contribution >= 0.6 is 0 Å². The van der Waals surface area contributed by atoms with Crippen molar-refractivity contribution >= 4 is 11.0 Å². The van der Waals surface area contributed by atoms with Crippen LogP contribution in [0.25, 0.3) is 11.0 Å². The van der Waals surface area contributed by atoms with Gasteiger partial charge in [-0.3, -0.25) is 4.98 Å². The Hall–Kier alpha value is -1.35. The molecule has 2 aromatic heterocycles. The Morgan fingerprint density at radius 3 is 3.12 bits per heavy atom. The number of pyridine rings is 1. The Balaban J connectivity index is 2.08. The second kappa shape index (κ2) is 4.15. The third-order valence-corrected chi connectivity index (χ3v) is 3.88. The number of fused-ring (bicyclic) bond motifs is 3. The summed E-state index contributed by atoms with van der Waals surface area (Å²) in [5, 5.41) is 0. The summed E-state index contributed by atoms with van der Waals surface area (Å²) in [7, 11) is 4.36. The highest BCUT2D eigenvalue weighted by molar-refractivity contribution is 5.80. The summed E-state index contributed by atoms with van der Waals surface area (Å²) in [5.74, 6) is 0. The van der Waals surface area contributed by atoms with Gasteiger partial charge in [0, 0.05) is 23.5 Å². The summed E-state index contributed by atoms with van der Waals surface area (Å²) >= 11 is 0. The van der Waals surface area contributed by atoms with Crippen molar-refractivity contribution < 1.29 is 0 Å². The number of hydrogen-bond donors (Lipinski definition) is 1. The lowest BCUT2D eigenvalue weighted by atomic mass is 10.0. The molecule has 1 aliphatic rings. The summed E-state index contributed by atoms with van der Waals surface area (Å²) in [4.78, 5) is 10.4. The third-order valence-electron chi connectivity index (χ3n) is 3.88. The van der Waals surface area contributed by atoms with Crippen molar-refractivity contribution in [1.29, 1.82) is 0 Å². The van der Waals surface area contributed by atoms with Crippen LogP contribution in [-0.2, 0) is 12.8 Å². The van der Waals surface area contributed by atoms with Gasteiger partial charge in [0.15, 0.2) is 0 Å². The average Bonchev–Trinajstić information content (AvgIpc) is 2.53. The second-order valence-corrected chi connectivity index (χ2v) is 5.20. The molecule has 3 nitrogen and oxygen atoms in total. The molecule has 0 spiro atoms. The Kier molecular flexibility index (Phi) is 2.63. The van der Waals surface area contributed by atoms with Crippen LogP contribution in [0, 0.1) is 0 Å². The minimum atomic E-state index is 0.650. The zero-order valence-electron chi connectivity index (χ0n) is 10.5. The SMILES string of the molecule is CN(C)[C@@H]1CCCc2[nH]c3cccnc3c2C1. The fourth-order valence-electron chi connectivity index (χ4n) is 2.85. The summed E-state index contributed by atoms with van der Waals surface area (Å²) < 4.78 is 0. The highest BCUT2D eigenvalue weighted by Crippen LogP contribution is 2.28. The number of likely N-dealkylation sites (N-methyl/N-ethyl adjacent to an activating group) is 1. The standard InChI is InChI=1S/C14H19N3/c1-17(2)10-5-3-6-12-11(9-10)14-13(16-12)7-4-8-15-14/h4,7-8,10,16H,3,5-6,9H2,1-2H3/t10-/m1/s1. The summed E-state index contributed by atoms with van der Waals surface area (Å²) in [6.45, 7) is 0. The number of aryl methyl sites for hydroxylation is 1. The van der Waals surface area contributed by atoms with Gasteiger partial charge in [-0.2, -0.15) is 0 Å². The number of aromatic amines is 1. The fourth-order valence-corrected chi connectivity index (χ4v) is 2.85. The molecule has 2 heterocycles. The fraction of sp³-hybridized carbons (Fsp3) is 0.500. The van der Waals surface area contributed by atoms with Crippen molar-refractivity contribution in [3.8, 4) is 0 Å². The summed E-state index contributed by atoms with van der Waals surface area (Å²) in [6.07, 6.45) is 6.73. The second-order valence-electron chi connectivity index (χ2n) is 5.20. The molecular weight excluding hydrogens is 210 g/mol. The van der Waals surface area contributed by atoms with Gasteiger partial charge >= 0.3 is 0 Å². The van der Waals surface area contributed by atoms with Crippen LogP contribution in [0.4, 0.5) is 0 Å². The third kappa shape index (κ3) is 1.84. The molecule has 1 atom stereocenters. The Morgan fingerprint density at radius 1 is 1.41 bits per heavy atom. The van der Waals surface area contributed by atoms with E-state index >= 15 is 0 Å². The predicted octanol–water partition coefficient (Wildman–Crippen LogP) is 2.37. The van der Waals surface area contributed by atoms with Gasteiger partial charge in [0.05, 0.1) is 11.0 Å². The van der Waals surface area contributed by atoms with E-state index in [9.17, 15) is 0 Å². The Morgan fingerprint density at radius 2 is 2.29 bits per heavy atom. The quantitative estimate of drug-likeness (QED) is 0.761. The van der Waals surface area contributed by atoms with Crippen LogP contribution in [0.15, 0.2) is 18.3 Å². The molecule has 1 aliphatic carbocycles. The predicted molar refractivity (Wildman–Crippen MR) is 70.2 cm³/mol. The highest BCUT2D eigenvalue weighted by atomic mass is 15.1. The number of aromatic nitrogens is 2. The maximum absolute atomic E-state index is 4.54. The van der Waals surface area contributed by atoms with Crippen LogP contribution in [0.1, 0.15) is 24.1 Å². The van der Waals surface area contributed by atoms with Gasteiger partial charge in [-0.25, -0.2) is 0 Å². The lowest BCUT2D eigenvalue weighted by Crippen LogP contribution is -2.29. The zero-order chi connectivity index (χ0) is 11.8. The molecular formula is C14H19N3. The molecule has 2 aromatic rings. The number of nitrogens with zero attached hydrogens (tertiary/aromatic N) is 2. The number of hydrogen-bond acceptors (Lipinski definition) is 2. The molecule has 0 aromatic carbocycles. The van der Waals surface area contributed by atoms with E-state index in [-0.39, 0.29) is 0 Å². The van der Waals surface area contributed by atoms with E-state index in [1.807, 2.05) is 12.3 Å². The van der Waals surface area contributed by atoms with Crippen molar-refractivity contribution in [1.82, 2.24) is 14.9 Å². The van der Waals surface area contributed by atoms with Gasteiger partial charge in [0.2, 0.25) is 0 Å². The highest BCUT2D eigenvalue weighted by Gasteiger charge is 2.22. The first kappa shape index (κ1) is 10.8. The molecule has 0 saturated heterocycles. The molecule has 3 rings (SSSR count). The van der Waals surface area contributed by atoms with Crippen molar-refractivity contribution in [3.63, 3.8) is 0 Å². The van der Waals surface area contributed by atoms with Crippen LogP contribution in [0.2, 0.25) is 0 Å². The van der Waals surface area contributed by atoms with Crippen LogP contribution in [0.5, 0.6) is 0 Å². The van der Waals surface area contributed by atoms with Gasteiger partial charge < -0.3 is 9.88 Å². The lowest BCUT2D eigenvalue weighted by molar-refractivity contribution is 0.277. The number of nitrogens with one attached hydrogen (secondary N) is 1.